The van der Waals surface area contributed by atoms with E-state index < -0.39 is 23.2 Å². The second kappa shape index (κ2) is 6.78. The number of hydrogen-bond donors (Lipinski definition) is 0. The fourth-order valence-electron chi connectivity index (χ4n) is 2.12. The molecule has 1 atom stereocenters. The Morgan fingerprint density at radius 2 is 2.04 bits per heavy atom. The molecule has 0 fully saturated rings. The Labute approximate surface area is 139 Å². The Hall–Kier alpha value is -1.76. The number of thioether (sulfide) groups is 1. The molecule has 0 aromatic heterocycles. The third-order valence-corrected chi connectivity index (χ3v) is 4.16. The second-order valence-corrected chi connectivity index (χ2v) is 7.39. The lowest BCUT2D eigenvalue weighted by Crippen LogP contribution is -2.38. The molecular formula is C16H20FNO4S. The predicted octanol–water partition coefficient (Wildman–Crippen LogP) is 3.61. The second-order valence-electron chi connectivity index (χ2n) is 6.20. The maximum Gasteiger partial charge on any atom is 0.410 e. The van der Waals surface area contributed by atoms with Crippen LogP contribution in [0.3, 0.4) is 0 Å². The van der Waals surface area contributed by atoms with E-state index in [4.69, 9.17) is 4.74 Å². The van der Waals surface area contributed by atoms with E-state index in [0.717, 1.165) is 17.3 Å². The first-order valence-corrected chi connectivity index (χ1v) is 8.07. The van der Waals surface area contributed by atoms with Crippen molar-refractivity contribution in [1.82, 2.24) is 4.90 Å². The first-order chi connectivity index (χ1) is 10.7. The van der Waals surface area contributed by atoms with Crippen molar-refractivity contribution in [2.75, 3.05) is 13.7 Å². The van der Waals surface area contributed by atoms with Gasteiger partial charge in [0.2, 0.25) is 0 Å². The Morgan fingerprint density at radius 1 is 1.35 bits per heavy atom. The van der Waals surface area contributed by atoms with Gasteiger partial charge in [-0.05, 0) is 38.5 Å². The molecule has 1 aliphatic rings. The van der Waals surface area contributed by atoms with Gasteiger partial charge in [-0.3, -0.25) is 0 Å². The number of amides is 1. The number of carbonyl (C=O) groups is 2. The van der Waals surface area contributed by atoms with Crippen LogP contribution in [0.25, 0.3) is 0 Å². The third kappa shape index (κ3) is 4.60. The fourth-order valence-corrected chi connectivity index (χ4v) is 3.13. The first kappa shape index (κ1) is 17.6. The number of carbonyl (C=O) groups excluding carboxylic acids is 2. The number of halogens is 1. The van der Waals surface area contributed by atoms with Gasteiger partial charge in [-0.25, -0.2) is 14.0 Å². The van der Waals surface area contributed by atoms with Gasteiger partial charge >= 0.3 is 12.1 Å². The number of rotatable bonds is 1. The number of nitrogens with zero attached hydrogens (tertiary/aromatic N) is 1. The van der Waals surface area contributed by atoms with Crippen LogP contribution in [0.2, 0.25) is 0 Å². The topological polar surface area (TPSA) is 55.8 Å². The highest BCUT2D eigenvalue weighted by atomic mass is 32.2. The van der Waals surface area contributed by atoms with Gasteiger partial charge in [-0.2, -0.15) is 0 Å². The van der Waals surface area contributed by atoms with Crippen molar-refractivity contribution < 1.29 is 23.5 Å². The van der Waals surface area contributed by atoms with Gasteiger partial charge in [0.15, 0.2) is 5.50 Å². The molecule has 0 N–H and O–H groups in total. The van der Waals surface area contributed by atoms with E-state index in [9.17, 15) is 14.0 Å². The zero-order valence-electron chi connectivity index (χ0n) is 13.6. The van der Waals surface area contributed by atoms with Crippen molar-refractivity contribution in [2.45, 2.75) is 43.3 Å². The van der Waals surface area contributed by atoms with Crippen LogP contribution in [-0.2, 0) is 16.0 Å². The van der Waals surface area contributed by atoms with Crippen molar-refractivity contribution in [2.24, 2.45) is 0 Å². The normalized spacial score (nSPS) is 18.0. The van der Waals surface area contributed by atoms with E-state index in [1.165, 1.54) is 12.0 Å². The van der Waals surface area contributed by atoms with Crippen LogP contribution in [0.1, 0.15) is 36.7 Å². The van der Waals surface area contributed by atoms with Crippen LogP contribution in [0.4, 0.5) is 9.18 Å². The Balaban J connectivity index is 2.25. The molecule has 0 radical (unpaired) electrons. The lowest BCUT2D eigenvalue weighted by Gasteiger charge is -2.26. The molecule has 1 amide bonds. The van der Waals surface area contributed by atoms with Crippen LogP contribution in [0.5, 0.6) is 0 Å². The molecule has 1 aromatic rings. The molecule has 126 valence electrons. The monoisotopic (exact) mass is 341 g/mol. The number of hydrogen-bond acceptors (Lipinski definition) is 5. The zero-order chi connectivity index (χ0) is 17.2. The molecule has 0 aliphatic carbocycles. The van der Waals surface area contributed by atoms with Gasteiger partial charge < -0.3 is 14.4 Å². The van der Waals surface area contributed by atoms with Crippen LogP contribution in [0.15, 0.2) is 23.1 Å². The average molecular weight is 341 g/mol. The summed E-state index contributed by atoms with van der Waals surface area (Å²) in [6.45, 7) is 5.46. The summed E-state index contributed by atoms with van der Waals surface area (Å²) < 4.78 is 24.2. The zero-order valence-corrected chi connectivity index (χ0v) is 14.4. The molecule has 1 aromatic carbocycles. The molecule has 0 spiro atoms. The van der Waals surface area contributed by atoms with Gasteiger partial charge in [0.25, 0.3) is 0 Å². The van der Waals surface area contributed by atoms with Gasteiger partial charge in [-0.1, -0.05) is 17.8 Å². The molecule has 0 unspecified atom stereocenters. The molecule has 0 saturated heterocycles. The quantitative estimate of drug-likeness (QED) is 0.730. The minimum atomic E-state index is -1.29. The molecule has 5 nitrogen and oxygen atoms in total. The number of ether oxygens (including phenoxy) is 2. The smallest absolute Gasteiger partial charge is 0.410 e. The molecule has 0 saturated carbocycles. The first-order valence-electron chi connectivity index (χ1n) is 7.19. The molecular weight excluding hydrogens is 321 g/mol. The van der Waals surface area contributed by atoms with E-state index in [-0.39, 0.29) is 13.1 Å². The van der Waals surface area contributed by atoms with E-state index >= 15 is 0 Å². The molecule has 7 heteroatoms. The Bertz CT molecular complexity index is 615. The SMILES string of the molecule is COC(=O)c1ccc2c(c1)S[C@H](F)CN(C(=O)OC(C)(C)C)C2. The Kier molecular flexibility index (Phi) is 5.19. The predicted molar refractivity (Wildman–Crippen MR) is 85.2 cm³/mol. The maximum absolute atomic E-state index is 14.2. The lowest BCUT2D eigenvalue weighted by molar-refractivity contribution is 0.0215. The molecule has 1 aliphatic heterocycles. The van der Waals surface area contributed by atoms with Crippen LogP contribution in [-0.4, -0.2) is 41.7 Å². The van der Waals surface area contributed by atoms with Crippen molar-refractivity contribution >= 4 is 23.8 Å². The van der Waals surface area contributed by atoms with Gasteiger partial charge in [-0.15, -0.1) is 0 Å². The minimum absolute atomic E-state index is 0.0676. The summed E-state index contributed by atoms with van der Waals surface area (Å²) in [5.74, 6) is -0.475. The van der Waals surface area contributed by atoms with E-state index in [1.807, 2.05) is 0 Å². The van der Waals surface area contributed by atoms with E-state index in [2.05, 4.69) is 4.74 Å². The summed E-state index contributed by atoms with van der Waals surface area (Å²) in [5.41, 5.74) is -0.804. The molecule has 0 bridgehead atoms. The summed E-state index contributed by atoms with van der Waals surface area (Å²) in [6, 6.07) is 4.91. The highest BCUT2D eigenvalue weighted by Crippen LogP contribution is 2.34. The fraction of sp³-hybridized carbons (Fsp3) is 0.500. The van der Waals surface area contributed by atoms with Gasteiger partial charge in [0.05, 0.1) is 25.8 Å². The Morgan fingerprint density at radius 3 is 2.65 bits per heavy atom. The molecule has 23 heavy (non-hydrogen) atoms. The van der Waals surface area contributed by atoms with Crippen molar-refractivity contribution in [3.8, 4) is 0 Å². The molecule has 1 heterocycles. The summed E-state index contributed by atoms with van der Waals surface area (Å²) in [7, 11) is 1.29. The molecule has 2 rings (SSSR count). The highest BCUT2D eigenvalue weighted by molar-refractivity contribution is 7.99. The van der Waals surface area contributed by atoms with Crippen molar-refractivity contribution in [3.05, 3.63) is 29.3 Å². The summed E-state index contributed by atoms with van der Waals surface area (Å²) in [4.78, 5) is 25.8. The average Bonchev–Trinajstić information content (AvgIpc) is 2.61. The number of alkyl halides is 1. The number of methoxy groups -OCH3 is 1. The minimum Gasteiger partial charge on any atom is -0.465 e. The number of fused-ring (bicyclic) bond motifs is 1. The van der Waals surface area contributed by atoms with Gasteiger partial charge in [0.1, 0.15) is 5.60 Å². The summed E-state index contributed by atoms with van der Waals surface area (Å²) in [6.07, 6.45) is -0.550. The van der Waals surface area contributed by atoms with Crippen molar-refractivity contribution in [3.63, 3.8) is 0 Å². The summed E-state index contributed by atoms with van der Waals surface area (Å²) >= 11 is 0.990. The van der Waals surface area contributed by atoms with Crippen molar-refractivity contribution in [1.29, 1.82) is 0 Å². The largest absolute Gasteiger partial charge is 0.465 e. The van der Waals surface area contributed by atoms with E-state index in [1.54, 1.807) is 39.0 Å². The van der Waals surface area contributed by atoms with Crippen LogP contribution in [0, 0.1) is 0 Å². The van der Waals surface area contributed by atoms with Gasteiger partial charge in [0, 0.05) is 4.90 Å². The maximum atomic E-state index is 14.2. The van der Waals surface area contributed by atoms with Crippen LogP contribution >= 0.6 is 11.8 Å². The van der Waals surface area contributed by atoms with Crippen LogP contribution < -0.4 is 0 Å². The standard InChI is InChI=1S/C16H20FNO4S/c1-16(2,3)22-15(20)18-8-11-6-5-10(14(19)21-4)7-12(11)23-13(17)9-18/h5-7,13H,8-9H2,1-4H3/t13-/m0/s1. The number of esters is 1. The third-order valence-electron chi connectivity index (χ3n) is 3.12. The lowest BCUT2D eigenvalue weighted by atomic mass is 10.1. The number of benzene rings is 1. The highest BCUT2D eigenvalue weighted by Gasteiger charge is 2.29. The van der Waals surface area contributed by atoms with E-state index in [0.29, 0.717) is 10.5 Å². The summed E-state index contributed by atoms with van der Waals surface area (Å²) in [5, 5.41) is 0.